The van der Waals surface area contributed by atoms with Crippen molar-refractivity contribution in [2.24, 2.45) is 7.05 Å². The Morgan fingerprint density at radius 1 is 1.39 bits per heavy atom. The van der Waals surface area contributed by atoms with Gasteiger partial charge in [0, 0.05) is 18.9 Å². The maximum Gasteiger partial charge on any atom is 0.257 e. The Morgan fingerprint density at radius 2 is 2.11 bits per heavy atom. The van der Waals surface area contributed by atoms with Crippen LogP contribution < -0.4 is 11.1 Å². The molecule has 5 heteroatoms. The molecule has 3 N–H and O–H groups in total. The van der Waals surface area contributed by atoms with Gasteiger partial charge in [-0.1, -0.05) is 11.6 Å². The topological polar surface area (TPSA) is 72.9 Å². The standard InChI is InChI=1S/C13H16N4O/c1-8-4-5-11(14)10(6-8)13(18)15-12-7-17(3)16-9(12)2/h4-7H,14H2,1-3H3,(H,15,18). The van der Waals surface area contributed by atoms with E-state index in [1.165, 1.54) is 0 Å². The third kappa shape index (κ3) is 2.34. The number of nitrogens with two attached hydrogens (primary N) is 1. The molecule has 0 bridgehead atoms. The zero-order valence-corrected chi connectivity index (χ0v) is 10.7. The first-order valence-electron chi connectivity index (χ1n) is 5.65. The fourth-order valence-corrected chi connectivity index (χ4v) is 1.78. The quantitative estimate of drug-likeness (QED) is 0.792. The van der Waals surface area contributed by atoms with Gasteiger partial charge in [-0.15, -0.1) is 0 Å². The highest BCUT2D eigenvalue weighted by molar-refractivity contribution is 6.08. The molecule has 0 spiro atoms. The van der Waals surface area contributed by atoms with Crippen LogP contribution in [0.4, 0.5) is 11.4 Å². The summed E-state index contributed by atoms with van der Waals surface area (Å²) < 4.78 is 1.66. The molecule has 0 aliphatic heterocycles. The van der Waals surface area contributed by atoms with Crippen molar-refractivity contribution in [1.82, 2.24) is 9.78 Å². The Balaban J connectivity index is 2.27. The minimum absolute atomic E-state index is 0.215. The van der Waals surface area contributed by atoms with Gasteiger partial charge in [0.05, 0.1) is 16.9 Å². The van der Waals surface area contributed by atoms with Gasteiger partial charge >= 0.3 is 0 Å². The van der Waals surface area contributed by atoms with Crippen molar-refractivity contribution in [2.45, 2.75) is 13.8 Å². The number of aromatic nitrogens is 2. The molecule has 5 nitrogen and oxygen atoms in total. The van der Waals surface area contributed by atoms with E-state index in [1.807, 2.05) is 27.0 Å². The van der Waals surface area contributed by atoms with E-state index < -0.39 is 0 Å². The fraction of sp³-hybridized carbons (Fsp3) is 0.231. The smallest absolute Gasteiger partial charge is 0.257 e. The van der Waals surface area contributed by atoms with Crippen molar-refractivity contribution < 1.29 is 4.79 Å². The number of hydrogen-bond donors (Lipinski definition) is 2. The zero-order valence-electron chi connectivity index (χ0n) is 10.7. The molecule has 0 fully saturated rings. The molecule has 0 aliphatic rings. The number of nitrogens with zero attached hydrogens (tertiary/aromatic N) is 2. The highest BCUT2D eigenvalue weighted by Gasteiger charge is 2.12. The van der Waals surface area contributed by atoms with Crippen molar-refractivity contribution >= 4 is 17.3 Å². The molecule has 1 aromatic carbocycles. The van der Waals surface area contributed by atoms with Gasteiger partial charge in [0.2, 0.25) is 0 Å². The Bertz CT molecular complexity index is 601. The highest BCUT2D eigenvalue weighted by atomic mass is 16.1. The van der Waals surface area contributed by atoms with Crippen LogP contribution in [0.1, 0.15) is 21.6 Å². The van der Waals surface area contributed by atoms with Crippen LogP contribution in [0.15, 0.2) is 24.4 Å². The minimum Gasteiger partial charge on any atom is -0.398 e. The van der Waals surface area contributed by atoms with E-state index in [-0.39, 0.29) is 5.91 Å². The highest BCUT2D eigenvalue weighted by Crippen LogP contribution is 2.17. The summed E-state index contributed by atoms with van der Waals surface area (Å²) in [5.41, 5.74) is 9.23. The molecule has 94 valence electrons. The molecule has 0 unspecified atom stereocenters. The number of benzene rings is 1. The van der Waals surface area contributed by atoms with Gasteiger partial charge in [-0.2, -0.15) is 5.10 Å². The second-order valence-corrected chi connectivity index (χ2v) is 4.35. The second-order valence-electron chi connectivity index (χ2n) is 4.35. The molecule has 0 radical (unpaired) electrons. The van der Waals surface area contributed by atoms with Crippen molar-refractivity contribution in [3.63, 3.8) is 0 Å². The van der Waals surface area contributed by atoms with E-state index in [0.717, 1.165) is 11.3 Å². The molecule has 0 aliphatic carbocycles. The molecular weight excluding hydrogens is 228 g/mol. The summed E-state index contributed by atoms with van der Waals surface area (Å²) in [6.45, 7) is 3.76. The molecular formula is C13H16N4O. The summed E-state index contributed by atoms with van der Waals surface area (Å²) in [5.74, 6) is -0.215. The van der Waals surface area contributed by atoms with Gasteiger partial charge in [-0.25, -0.2) is 0 Å². The number of nitrogens with one attached hydrogen (secondary N) is 1. The van der Waals surface area contributed by atoms with Crippen molar-refractivity contribution in [2.75, 3.05) is 11.1 Å². The Kier molecular flexibility index (Phi) is 3.06. The van der Waals surface area contributed by atoms with E-state index in [9.17, 15) is 4.79 Å². The number of nitrogen functional groups attached to an aromatic ring is 1. The van der Waals surface area contributed by atoms with Crippen LogP contribution in [0.25, 0.3) is 0 Å². The van der Waals surface area contributed by atoms with Crippen LogP contribution >= 0.6 is 0 Å². The van der Waals surface area contributed by atoms with Gasteiger partial charge in [0.15, 0.2) is 0 Å². The van der Waals surface area contributed by atoms with E-state index in [1.54, 1.807) is 23.0 Å². The summed E-state index contributed by atoms with van der Waals surface area (Å²) in [6, 6.07) is 5.39. The molecule has 2 rings (SSSR count). The van der Waals surface area contributed by atoms with E-state index in [0.29, 0.717) is 16.9 Å². The first-order valence-corrected chi connectivity index (χ1v) is 5.65. The maximum atomic E-state index is 12.1. The SMILES string of the molecule is Cc1ccc(N)c(C(=O)Nc2cn(C)nc2C)c1. The van der Waals surface area contributed by atoms with Crippen molar-refractivity contribution in [1.29, 1.82) is 0 Å². The maximum absolute atomic E-state index is 12.1. The number of carbonyl (C=O) groups is 1. The van der Waals surface area contributed by atoms with Crippen LogP contribution in [-0.4, -0.2) is 15.7 Å². The average molecular weight is 244 g/mol. The normalized spacial score (nSPS) is 10.4. The summed E-state index contributed by atoms with van der Waals surface area (Å²) in [5, 5.41) is 6.98. The number of amides is 1. The zero-order chi connectivity index (χ0) is 13.3. The van der Waals surface area contributed by atoms with Crippen LogP contribution in [-0.2, 0) is 7.05 Å². The van der Waals surface area contributed by atoms with Crippen molar-refractivity contribution in [3.8, 4) is 0 Å². The Hall–Kier alpha value is -2.30. The predicted octanol–water partition coefficient (Wildman–Crippen LogP) is 1.87. The summed E-state index contributed by atoms with van der Waals surface area (Å²) in [6.07, 6.45) is 1.76. The number of anilines is 2. The summed E-state index contributed by atoms with van der Waals surface area (Å²) in [7, 11) is 1.81. The van der Waals surface area contributed by atoms with Crippen molar-refractivity contribution in [3.05, 3.63) is 41.2 Å². The first-order chi connectivity index (χ1) is 8.47. The van der Waals surface area contributed by atoms with Gasteiger partial charge in [-0.3, -0.25) is 9.48 Å². The lowest BCUT2D eigenvalue weighted by Crippen LogP contribution is -2.14. The third-order valence-electron chi connectivity index (χ3n) is 2.72. The molecule has 1 heterocycles. The Labute approximate surface area is 106 Å². The predicted molar refractivity (Wildman–Crippen MR) is 71.5 cm³/mol. The van der Waals surface area contributed by atoms with E-state index in [4.69, 9.17) is 5.73 Å². The fourth-order valence-electron chi connectivity index (χ4n) is 1.78. The largest absolute Gasteiger partial charge is 0.398 e. The number of hydrogen-bond acceptors (Lipinski definition) is 3. The van der Waals surface area contributed by atoms with Crippen LogP contribution in [0.5, 0.6) is 0 Å². The number of carbonyl (C=O) groups excluding carboxylic acids is 1. The Morgan fingerprint density at radius 3 is 2.72 bits per heavy atom. The third-order valence-corrected chi connectivity index (χ3v) is 2.72. The van der Waals surface area contributed by atoms with Crippen LogP contribution in [0, 0.1) is 13.8 Å². The molecule has 2 aromatic rings. The average Bonchev–Trinajstić information content (AvgIpc) is 2.61. The molecule has 1 aromatic heterocycles. The molecule has 1 amide bonds. The lowest BCUT2D eigenvalue weighted by Gasteiger charge is -2.07. The monoisotopic (exact) mass is 244 g/mol. The summed E-state index contributed by atoms with van der Waals surface area (Å²) in [4.78, 5) is 12.1. The number of rotatable bonds is 2. The van der Waals surface area contributed by atoms with Gasteiger partial charge in [0.1, 0.15) is 0 Å². The lowest BCUT2D eigenvalue weighted by molar-refractivity contribution is 0.102. The van der Waals surface area contributed by atoms with Gasteiger partial charge in [-0.05, 0) is 26.0 Å². The molecule has 0 saturated heterocycles. The van der Waals surface area contributed by atoms with E-state index in [2.05, 4.69) is 10.4 Å². The molecule has 18 heavy (non-hydrogen) atoms. The van der Waals surface area contributed by atoms with Gasteiger partial charge < -0.3 is 11.1 Å². The first kappa shape index (κ1) is 12.2. The lowest BCUT2D eigenvalue weighted by atomic mass is 10.1. The second kappa shape index (κ2) is 4.52. The number of aryl methyl sites for hydroxylation is 3. The molecule has 0 saturated carbocycles. The van der Waals surface area contributed by atoms with Crippen LogP contribution in [0.2, 0.25) is 0 Å². The van der Waals surface area contributed by atoms with Gasteiger partial charge in [0.25, 0.3) is 5.91 Å². The van der Waals surface area contributed by atoms with Crippen LogP contribution in [0.3, 0.4) is 0 Å². The minimum atomic E-state index is -0.215. The van der Waals surface area contributed by atoms with E-state index >= 15 is 0 Å². The summed E-state index contributed by atoms with van der Waals surface area (Å²) >= 11 is 0. The molecule has 0 atom stereocenters.